The zero-order valence-corrected chi connectivity index (χ0v) is 13.4. The van der Waals surface area contributed by atoms with Crippen molar-refractivity contribution in [3.05, 3.63) is 28.8 Å². The third-order valence-electron chi connectivity index (χ3n) is 5.10. The molecule has 3 rings (SSSR count). The molecule has 1 aromatic carbocycles. The van der Waals surface area contributed by atoms with Crippen LogP contribution >= 0.6 is 11.6 Å². The normalized spacial score (nSPS) is 26.0. The summed E-state index contributed by atoms with van der Waals surface area (Å²) in [5.74, 6) is 1.27. The highest BCUT2D eigenvalue weighted by atomic mass is 35.5. The minimum atomic E-state index is -0.0416. The SMILES string of the molecule is COc1ccc(Cl)cc1C(N)C1CCOC2(CCCC2)C1. The molecule has 2 N–H and O–H groups in total. The molecular formula is C17H24ClNO2. The van der Waals surface area contributed by atoms with Gasteiger partial charge in [0.25, 0.3) is 0 Å². The number of rotatable bonds is 3. The molecular weight excluding hydrogens is 286 g/mol. The van der Waals surface area contributed by atoms with Crippen molar-refractivity contribution in [2.45, 2.75) is 50.2 Å². The molecule has 2 aliphatic rings. The van der Waals surface area contributed by atoms with Crippen LogP contribution in [0, 0.1) is 5.92 Å². The minimum Gasteiger partial charge on any atom is -0.496 e. The molecule has 3 nitrogen and oxygen atoms in total. The highest BCUT2D eigenvalue weighted by Crippen LogP contribution is 2.45. The van der Waals surface area contributed by atoms with Crippen molar-refractivity contribution in [2.75, 3.05) is 13.7 Å². The Morgan fingerprint density at radius 1 is 1.38 bits per heavy atom. The van der Waals surface area contributed by atoms with Crippen molar-refractivity contribution in [2.24, 2.45) is 11.7 Å². The molecule has 4 heteroatoms. The van der Waals surface area contributed by atoms with E-state index in [9.17, 15) is 0 Å². The van der Waals surface area contributed by atoms with Crippen molar-refractivity contribution in [1.82, 2.24) is 0 Å². The lowest BCUT2D eigenvalue weighted by Crippen LogP contribution is -2.40. The smallest absolute Gasteiger partial charge is 0.123 e. The fraction of sp³-hybridized carbons (Fsp3) is 0.647. The van der Waals surface area contributed by atoms with Crippen LogP contribution in [0.4, 0.5) is 0 Å². The molecule has 2 unspecified atom stereocenters. The maximum absolute atomic E-state index is 6.57. The molecule has 1 spiro atoms. The Balaban J connectivity index is 1.81. The molecule has 1 aliphatic heterocycles. The Hall–Kier alpha value is -0.770. The van der Waals surface area contributed by atoms with E-state index in [0.29, 0.717) is 10.9 Å². The molecule has 1 saturated carbocycles. The zero-order valence-electron chi connectivity index (χ0n) is 12.6. The van der Waals surface area contributed by atoms with Crippen LogP contribution in [0.3, 0.4) is 0 Å². The van der Waals surface area contributed by atoms with Gasteiger partial charge in [-0.05, 0) is 49.8 Å². The summed E-state index contributed by atoms with van der Waals surface area (Å²) in [6, 6.07) is 5.66. The van der Waals surface area contributed by atoms with Gasteiger partial charge in [-0.1, -0.05) is 24.4 Å². The Kier molecular flexibility index (Phi) is 4.43. The van der Waals surface area contributed by atoms with Crippen LogP contribution in [0.1, 0.15) is 50.1 Å². The van der Waals surface area contributed by atoms with E-state index in [4.69, 9.17) is 26.8 Å². The lowest BCUT2D eigenvalue weighted by Gasteiger charge is -2.40. The average molecular weight is 310 g/mol. The summed E-state index contributed by atoms with van der Waals surface area (Å²) in [7, 11) is 1.68. The second-order valence-corrected chi connectivity index (χ2v) is 6.84. The van der Waals surface area contributed by atoms with Crippen molar-refractivity contribution in [3.8, 4) is 5.75 Å². The van der Waals surface area contributed by atoms with E-state index >= 15 is 0 Å². The second kappa shape index (κ2) is 6.15. The summed E-state index contributed by atoms with van der Waals surface area (Å²) >= 11 is 6.14. The molecule has 0 aromatic heterocycles. The standard InChI is InChI=1S/C17H24ClNO2/c1-20-15-5-4-13(18)10-14(15)16(19)12-6-9-21-17(11-12)7-2-3-8-17/h4-5,10,12,16H,2-3,6-9,11,19H2,1H3. The Morgan fingerprint density at radius 3 is 2.86 bits per heavy atom. The summed E-state index contributed by atoms with van der Waals surface area (Å²) < 4.78 is 11.6. The van der Waals surface area contributed by atoms with Gasteiger partial charge >= 0.3 is 0 Å². The van der Waals surface area contributed by atoms with E-state index in [-0.39, 0.29) is 11.6 Å². The molecule has 0 radical (unpaired) electrons. The first kappa shape index (κ1) is 15.1. The predicted molar refractivity (Wildman–Crippen MR) is 84.8 cm³/mol. The summed E-state index contributed by atoms with van der Waals surface area (Å²) in [6.07, 6.45) is 7.00. The van der Waals surface area contributed by atoms with Crippen LogP contribution < -0.4 is 10.5 Å². The quantitative estimate of drug-likeness (QED) is 0.914. The van der Waals surface area contributed by atoms with Crippen LogP contribution in [0.5, 0.6) is 5.75 Å². The third-order valence-corrected chi connectivity index (χ3v) is 5.34. The predicted octanol–water partition coefficient (Wildman–Crippen LogP) is 4.09. The van der Waals surface area contributed by atoms with Crippen molar-refractivity contribution in [3.63, 3.8) is 0 Å². The highest BCUT2D eigenvalue weighted by molar-refractivity contribution is 6.30. The molecule has 116 valence electrons. The molecule has 0 bridgehead atoms. The van der Waals surface area contributed by atoms with Gasteiger partial charge in [-0.15, -0.1) is 0 Å². The van der Waals surface area contributed by atoms with Crippen molar-refractivity contribution in [1.29, 1.82) is 0 Å². The lowest BCUT2D eigenvalue weighted by molar-refractivity contribution is -0.0964. The molecule has 1 aliphatic carbocycles. The number of methoxy groups -OCH3 is 1. The van der Waals surface area contributed by atoms with E-state index < -0.39 is 0 Å². The highest BCUT2D eigenvalue weighted by Gasteiger charge is 2.41. The van der Waals surface area contributed by atoms with Crippen LogP contribution in [0.25, 0.3) is 0 Å². The molecule has 21 heavy (non-hydrogen) atoms. The molecule has 1 saturated heterocycles. The Labute approximate surface area is 131 Å². The summed E-state index contributed by atoms with van der Waals surface area (Å²) in [5.41, 5.74) is 7.68. The van der Waals surface area contributed by atoms with E-state index in [2.05, 4.69) is 0 Å². The topological polar surface area (TPSA) is 44.5 Å². The van der Waals surface area contributed by atoms with Crippen molar-refractivity contribution >= 4 is 11.6 Å². The van der Waals surface area contributed by atoms with Gasteiger partial charge in [-0.3, -0.25) is 0 Å². The molecule has 2 atom stereocenters. The van der Waals surface area contributed by atoms with Crippen LogP contribution in [0.15, 0.2) is 18.2 Å². The summed E-state index contributed by atoms with van der Waals surface area (Å²) in [5, 5.41) is 0.712. The van der Waals surface area contributed by atoms with Crippen LogP contribution in [0.2, 0.25) is 5.02 Å². The second-order valence-electron chi connectivity index (χ2n) is 6.40. The Morgan fingerprint density at radius 2 is 2.14 bits per heavy atom. The van der Waals surface area contributed by atoms with Gasteiger partial charge in [-0.2, -0.15) is 0 Å². The van der Waals surface area contributed by atoms with E-state index in [1.807, 2.05) is 18.2 Å². The van der Waals surface area contributed by atoms with Gasteiger partial charge in [0.1, 0.15) is 5.75 Å². The number of ether oxygens (including phenoxy) is 2. The summed E-state index contributed by atoms with van der Waals surface area (Å²) in [6.45, 7) is 0.821. The fourth-order valence-corrected chi connectivity index (χ4v) is 4.14. The van der Waals surface area contributed by atoms with Gasteiger partial charge in [0.15, 0.2) is 0 Å². The minimum absolute atomic E-state index is 0.0416. The van der Waals surface area contributed by atoms with E-state index in [0.717, 1.165) is 30.8 Å². The third kappa shape index (κ3) is 3.05. The number of hydrogen-bond acceptors (Lipinski definition) is 3. The van der Waals surface area contributed by atoms with Crippen molar-refractivity contribution < 1.29 is 9.47 Å². The van der Waals surface area contributed by atoms with Gasteiger partial charge < -0.3 is 15.2 Å². The van der Waals surface area contributed by atoms with Gasteiger partial charge in [0.05, 0.1) is 12.7 Å². The maximum atomic E-state index is 6.57. The maximum Gasteiger partial charge on any atom is 0.123 e. The molecule has 1 heterocycles. The molecule has 0 amide bonds. The first-order chi connectivity index (χ1) is 10.1. The van der Waals surface area contributed by atoms with Gasteiger partial charge in [0, 0.05) is 23.2 Å². The number of halogens is 1. The Bertz CT molecular complexity index is 500. The van der Waals surface area contributed by atoms with Gasteiger partial charge in [-0.25, -0.2) is 0 Å². The number of hydrogen-bond donors (Lipinski definition) is 1. The summed E-state index contributed by atoms with van der Waals surface area (Å²) in [4.78, 5) is 0. The van der Waals surface area contributed by atoms with Crippen LogP contribution in [-0.2, 0) is 4.74 Å². The van der Waals surface area contributed by atoms with Crippen LogP contribution in [-0.4, -0.2) is 19.3 Å². The number of nitrogens with two attached hydrogens (primary N) is 1. The van der Waals surface area contributed by atoms with Gasteiger partial charge in [0.2, 0.25) is 0 Å². The average Bonchev–Trinajstić information content (AvgIpc) is 2.94. The monoisotopic (exact) mass is 309 g/mol. The first-order valence-electron chi connectivity index (χ1n) is 7.86. The zero-order chi connectivity index (χ0) is 14.9. The fourth-order valence-electron chi connectivity index (χ4n) is 3.96. The lowest BCUT2D eigenvalue weighted by atomic mass is 9.79. The number of benzene rings is 1. The molecule has 1 aromatic rings. The first-order valence-corrected chi connectivity index (χ1v) is 8.24. The van der Waals surface area contributed by atoms with E-state index in [1.165, 1.54) is 25.7 Å². The largest absolute Gasteiger partial charge is 0.496 e. The molecule has 2 fully saturated rings. The van der Waals surface area contributed by atoms with E-state index in [1.54, 1.807) is 7.11 Å².